The number of aliphatic hydroxyl groups excluding tert-OH is 1. The molecule has 0 aliphatic carbocycles. The summed E-state index contributed by atoms with van der Waals surface area (Å²) in [6.45, 7) is 2.28. The summed E-state index contributed by atoms with van der Waals surface area (Å²) in [5.74, 6) is -0.575. The highest BCUT2D eigenvalue weighted by molar-refractivity contribution is 7.93. The highest BCUT2D eigenvalue weighted by Crippen LogP contribution is 2.18. The smallest absolute Gasteiger partial charge is 0.190 e. The maximum Gasteiger partial charge on any atom is 0.190 e. The molecule has 0 saturated heterocycles. The number of benzene rings is 1. The first-order chi connectivity index (χ1) is 10.4. The van der Waals surface area contributed by atoms with Crippen LogP contribution in [-0.2, 0) is 16.4 Å². The largest absolute Gasteiger partial charge is 0.391 e. The third kappa shape index (κ3) is 4.61. The molecule has 0 saturated carbocycles. The van der Waals surface area contributed by atoms with Crippen LogP contribution in [0.2, 0.25) is 0 Å². The second-order valence-corrected chi connectivity index (χ2v) is 8.29. The molecule has 2 aromatic rings. The van der Waals surface area contributed by atoms with Crippen molar-refractivity contribution in [1.82, 2.24) is 5.32 Å². The van der Waals surface area contributed by atoms with Crippen LogP contribution in [0.5, 0.6) is 0 Å². The van der Waals surface area contributed by atoms with Gasteiger partial charge >= 0.3 is 0 Å². The lowest BCUT2D eigenvalue weighted by Crippen LogP contribution is -2.32. The lowest BCUT2D eigenvalue weighted by atomic mass is 10.1. The molecule has 4 nitrogen and oxygen atoms in total. The van der Waals surface area contributed by atoms with Crippen molar-refractivity contribution in [3.05, 3.63) is 52.7 Å². The molecule has 22 heavy (non-hydrogen) atoms. The van der Waals surface area contributed by atoms with Crippen LogP contribution in [0.25, 0.3) is 0 Å². The number of aryl methyl sites for hydroxylation is 1. The Morgan fingerprint density at radius 1 is 1.36 bits per heavy atom. The van der Waals surface area contributed by atoms with E-state index in [9.17, 15) is 17.9 Å². The second-order valence-electron chi connectivity index (χ2n) is 5.08. The Hall–Kier alpha value is -1.28. The minimum atomic E-state index is -3.44. The van der Waals surface area contributed by atoms with Crippen molar-refractivity contribution < 1.29 is 17.9 Å². The molecule has 120 valence electrons. The zero-order chi connectivity index (χ0) is 16.2. The Morgan fingerprint density at radius 2 is 2.14 bits per heavy atom. The fraction of sp³-hybridized carbons (Fsp3) is 0.333. The summed E-state index contributed by atoms with van der Waals surface area (Å²) in [7, 11) is -3.44. The number of nitrogens with one attached hydrogen (secondary N) is 1. The number of hydrogen-bond acceptors (Lipinski definition) is 5. The molecule has 2 N–H and O–H groups in total. The van der Waals surface area contributed by atoms with Crippen LogP contribution in [0.3, 0.4) is 0 Å². The van der Waals surface area contributed by atoms with Crippen molar-refractivity contribution >= 4 is 21.2 Å². The number of hydrogen-bond donors (Lipinski definition) is 2. The van der Waals surface area contributed by atoms with Crippen LogP contribution < -0.4 is 5.32 Å². The van der Waals surface area contributed by atoms with Gasteiger partial charge in [-0.2, -0.15) is 0 Å². The molecule has 1 aromatic carbocycles. The van der Waals surface area contributed by atoms with Crippen molar-refractivity contribution in [2.24, 2.45) is 0 Å². The number of sulfone groups is 1. The fourth-order valence-electron chi connectivity index (χ4n) is 2.03. The van der Waals surface area contributed by atoms with Crippen LogP contribution in [0.15, 0.2) is 39.9 Å². The molecular formula is C15H18FNO3S2. The van der Waals surface area contributed by atoms with Gasteiger partial charge < -0.3 is 10.4 Å². The molecule has 0 fully saturated rings. The summed E-state index contributed by atoms with van der Waals surface area (Å²) in [4.78, 5) is 0. The van der Waals surface area contributed by atoms with Gasteiger partial charge in [0.05, 0.1) is 11.9 Å². The minimum Gasteiger partial charge on any atom is -0.391 e. The van der Waals surface area contributed by atoms with Crippen molar-refractivity contribution in [3.8, 4) is 0 Å². The zero-order valence-electron chi connectivity index (χ0n) is 12.1. The standard InChI is InChI=1S/C15H18FNO3S2/c1-11-7-12(4-5-14(11)16)8-17-9-13(18)10-22(19,20)15-3-2-6-21-15/h2-7,13,17-18H,8-10H2,1H3. The van der Waals surface area contributed by atoms with Crippen molar-refractivity contribution in [3.63, 3.8) is 0 Å². The van der Waals surface area contributed by atoms with Crippen molar-refractivity contribution in [2.75, 3.05) is 12.3 Å². The Labute approximate surface area is 133 Å². The van der Waals surface area contributed by atoms with E-state index in [1.165, 1.54) is 12.1 Å². The lowest BCUT2D eigenvalue weighted by molar-refractivity contribution is 0.193. The van der Waals surface area contributed by atoms with Gasteiger partial charge in [-0.15, -0.1) is 11.3 Å². The monoisotopic (exact) mass is 343 g/mol. The predicted octanol–water partition coefficient (Wildman–Crippen LogP) is 2.12. The summed E-state index contributed by atoms with van der Waals surface area (Å²) in [5.41, 5.74) is 1.44. The summed E-state index contributed by atoms with van der Waals surface area (Å²) >= 11 is 1.14. The van der Waals surface area contributed by atoms with E-state index in [1.54, 1.807) is 30.5 Å². The quantitative estimate of drug-likeness (QED) is 0.808. The van der Waals surface area contributed by atoms with Gasteiger partial charge in [0.1, 0.15) is 10.0 Å². The summed E-state index contributed by atoms with van der Waals surface area (Å²) in [6.07, 6.45) is -0.992. The van der Waals surface area contributed by atoms with E-state index in [4.69, 9.17) is 0 Å². The van der Waals surface area contributed by atoms with E-state index in [-0.39, 0.29) is 22.3 Å². The molecule has 0 aliphatic heterocycles. The van der Waals surface area contributed by atoms with Gasteiger partial charge in [0.2, 0.25) is 0 Å². The molecule has 1 unspecified atom stereocenters. The molecular weight excluding hydrogens is 325 g/mol. The summed E-state index contributed by atoms with van der Waals surface area (Å²) in [6, 6.07) is 7.96. The molecule has 1 aromatic heterocycles. The van der Waals surface area contributed by atoms with Crippen molar-refractivity contribution in [1.29, 1.82) is 0 Å². The van der Waals surface area contributed by atoms with E-state index >= 15 is 0 Å². The third-order valence-corrected chi connectivity index (χ3v) is 6.43. The van der Waals surface area contributed by atoms with Crippen LogP contribution in [0, 0.1) is 12.7 Å². The van der Waals surface area contributed by atoms with Gasteiger partial charge in [0.25, 0.3) is 0 Å². The Bertz CT molecular complexity index is 714. The summed E-state index contributed by atoms with van der Waals surface area (Å²) in [5, 5.41) is 14.5. The highest BCUT2D eigenvalue weighted by atomic mass is 32.2. The Balaban J connectivity index is 1.83. The number of halogens is 1. The van der Waals surface area contributed by atoms with Gasteiger partial charge in [-0.05, 0) is 35.6 Å². The Kier molecular flexibility index (Phi) is 5.69. The third-order valence-electron chi connectivity index (χ3n) is 3.14. The minimum absolute atomic E-state index is 0.154. The van der Waals surface area contributed by atoms with Gasteiger partial charge in [-0.3, -0.25) is 0 Å². The van der Waals surface area contributed by atoms with E-state index in [0.29, 0.717) is 12.1 Å². The molecule has 2 rings (SSSR count). The van der Waals surface area contributed by atoms with Crippen molar-refractivity contribution in [2.45, 2.75) is 23.8 Å². The molecule has 7 heteroatoms. The molecule has 0 bridgehead atoms. The maximum atomic E-state index is 13.1. The van der Waals surface area contributed by atoms with E-state index in [0.717, 1.165) is 16.9 Å². The van der Waals surface area contributed by atoms with Gasteiger partial charge in [0, 0.05) is 13.1 Å². The van der Waals surface area contributed by atoms with Crippen LogP contribution in [0.4, 0.5) is 4.39 Å². The van der Waals surface area contributed by atoms with E-state index in [2.05, 4.69) is 5.32 Å². The maximum absolute atomic E-state index is 13.1. The lowest BCUT2D eigenvalue weighted by Gasteiger charge is -2.12. The first-order valence-electron chi connectivity index (χ1n) is 6.78. The SMILES string of the molecule is Cc1cc(CNCC(O)CS(=O)(=O)c2cccs2)ccc1F. The summed E-state index contributed by atoms with van der Waals surface area (Å²) < 4.78 is 37.4. The fourth-order valence-corrected chi connectivity index (χ4v) is 4.51. The van der Waals surface area contributed by atoms with E-state index < -0.39 is 15.9 Å². The number of rotatable bonds is 7. The molecule has 1 heterocycles. The molecule has 0 amide bonds. The zero-order valence-corrected chi connectivity index (χ0v) is 13.8. The average Bonchev–Trinajstić information content (AvgIpc) is 2.97. The first-order valence-corrected chi connectivity index (χ1v) is 9.32. The van der Waals surface area contributed by atoms with Crippen LogP contribution in [-0.4, -0.2) is 31.9 Å². The highest BCUT2D eigenvalue weighted by Gasteiger charge is 2.20. The molecule has 0 aliphatic rings. The number of thiophene rings is 1. The Morgan fingerprint density at radius 3 is 2.77 bits per heavy atom. The predicted molar refractivity (Wildman–Crippen MR) is 85.2 cm³/mol. The average molecular weight is 343 g/mol. The first kappa shape index (κ1) is 17.1. The van der Waals surface area contributed by atoms with E-state index in [1.807, 2.05) is 0 Å². The van der Waals surface area contributed by atoms with Gasteiger partial charge in [0.15, 0.2) is 9.84 Å². The van der Waals surface area contributed by atoms with Crippen LogP contribution >= 0.6 is 11.3 Å². The number of aliphatic hydroxyl groups is 1. The van der Waals surface area contributed by atoms with Gasteiger partial charge in [-0.25, -0.2) is 12.8 Å². The second kappa shape index (κ2) is 7.32. The normalized spacial score (nSPS) is 13.2. The molecule has 0 radical (unpaired) electrons. The molecule has 0 spiro atoms. The van der Waals surface area contributed by atoms with Gasteiger partial charge in [-0.1, -0.05) is 18.2 Å². The molecule has 1 atom stereocenters. The topological polar surface area (TPSA) is 66.4 Å². The van der Waals surface area contributed by atoms with Crippen LogP contribution in [0.1, 0.15) is 11.1 Å².